The van der Waals surface area contributed by atoms with E-state index in [-0.39, 0.29) is 23.2 Å². The van der Waals surface area contributed by atoms with Gasteiger partial charge in [0.15, 0.2) is 0 Å². The average molecular weight is 266 g/mol. The smallest absolute Gasteiger partial charge is 0.305 e. The zero-order chi connectivity index (χ0) is 14.6. The van der Waals surface area contributed by atoms with E-state index in [1.165, 1.54) is 25.1 Å². The van der Waals surface area contributed by atoms with E-state index >= 15 is 0 Å². The first-order chi connectivity index (χ1) is 8.82. The van der Waals surface area contributed by atoms with E-state index in [4.69, 9.17) is 5.11 Å². The van der Waals surface area contributed by atoms with Crippen molar-refractivity contribution in [3.05, 3.63) is 39.4 Å². The molecule has 102 valence electrons. The second-order valence-corrected chi connectivity index (χ2v) is 4.18. The summed E-state index contributed by atoms with van der Waals surface area (Å²) in [4.78, 5) is 32.6. The minimum atomic E-state index is -1.02. The van der Waals surface area contributed by atoms with Crippen LogP contribution in [0.5, 0.6) is 0 Å². The van der Waals surface area contributed by atoms with Crippen molar-refractivity contribution < 1.29 is 19.6 Å². The van der Waals surface area contributed by atoms with Gasteiger partial charge in [-0.05, 0) is 19.9 Å². The molecule has 0 aliphatic carbocycles. The molecule has 0 saturated carbocycles. The maximum Gasteiger partial charge on any atom is 0.305 e. The number of nitrogens with zero attached hydrogens (tertiary/aromatic N) is 1. The Morgan fingerprint density at radius 2 is 2.11 bits per heavy atom. The average Bonchev–Trinajstić information content (AvgIpc) is 2.27. The van der Waals surface area contributed by atoms with Gasteiger partial charge in [-0.15, -0.1) is 0 Å². The summed E-state index contributed by atoms with van der Waals surface area (Å²) in [7, 11) is 0. The fourth-order valence-corrected chi connectivity index (χ4v) is 1.68. The van der Waals surface area contributed by atoms with Crippen molar-refractivity contribution in [3.8, 4) is 0 Å². The summed E-state index contributed by atoms with van der Waals surface area (Å²) >= 11 is 0. The van der Waals surface area contributed by atoms with Crippen LogP contribution < -0.4 is 5.32 Å². The van der Waals surface area contributed by atoms with Gasteiger partial charge in [0.25, 0.3) is 11.6 Å². The summed E-state index contributed by atoms with van der Waals surface area (Å²) in [6, 6.07) is 3.64. The Balaban J connectivity index is 2.92. The quantitative estimate of drug-likeness (QED) is 0.619. The number of carboxylic acids is 1. The van der Waals surface area contributed by atoms with Crippen molar-refractivity contribution >= 4 is 17.6 Å². The Hall–Kier alpha value is -2.44. The highest BCUT2D eigenvalue weighted by Gasteiger charge is 2.19. The van der Waals surface area contributed by atoms with Crippen molar-refractivity contribution in [1.82, 2.24) is 5.32 Å². The third-order valence-corrected chi connectivity index (χ3v) is 2.60. The Labute approximate surface area is 109 Å². The summed E-state index contributed by atoms with van der Waals surface area (Å²) in [5.41, 5.74) is 0.289. The number of nitrogens with one attached hydrogen (secondary N) is 1. The Bertz CT molecular complexity index is 527. The van der Waals surface area contributed by atoms with Gasteiger partial charge in [0.1, 0.15) is 0 Å². The third kappa shape index (κ3) is 3.77. The fourth-order valence-electron chi connectivity index (χ4n) is 1.68. The number of nitro benzene ring substituents is 1. The van der Waals surface area contributed by atoms with Crippen LogP contribution in [0.15, 0.2) is 18.2 Å². The van der Waals surface area contributed by atoms with Crippen molar-refractivity contribution in [2.45, 2.75) is 26.3 Å². The molecule has 0 saturated heterocycles. The molecule has 0 aromatic heterocycles. The largest absolute Gasteiger partial charge is 0.481 e. The summed E-state index contributed by atoms with van der Waals surface area (Å²) in [6.07, 6.45) is -0.209. The minimum Gasteiger partial charge on any atom is -0.481 e. The van der Waals surface area contributed by atoms with Crippen LogP contribution in [0, 0.1) is 17.0 Å². The van der Waals surface area contributed by atoms with E-state index in [1.807, 2.05) is 0 Å². The van der Waals surface area contributed by atoms with Crippen LogP contribution in [0.25, 0.3) is 0 Å². The number of rotatable bonds is 5. The first-order valence-electron chi connectivity index (χ1n) is 5.59. The number of hydrogen-bond acceptors (Lipinski definition) is 4. The van der Waals surface area contributed by atoms with E-state index in [0.29, 0.717) is 0 Å². The molecule has 1 rings (SSSR count). The standard InChI is InChI=1S/C12H14N2O5/c1-7(6-11(15)16)13-12(17)9-4-3-5-10(8(9)2)14(18)19/h3-5,7H,6H2,1-2H3,(H,13,17)(H,15,16). The predicted molar refractivity (Wildman–Crippen MR) is 67.0 cm³/mol. The number of aliphatic carboxylic acids is 1. The SMILES string of the molecule is Cc1c(C(=O)NC(C)CC(=O)O)cccc1[N+](=O)[O-]. The van der Waals surface area contributed by atoms with E-state index in [2.05, 4.69) is 5.32 Å². The first-order valence-corrected chi connectivity index (χ1v) is 5.59. The van der Waals surface area contributed by atoms with Crippen molar-refractivity contribution in [3.63, 3.8) is 0 Å². The number of carbonyl (C=O) groups excluding carboxylic acids is 1. The predicted octanol–water partition coefficient (Wildman–Crippen LogP) is 1.50. The molecule has 1 amide bonds. The molecular weight excluding hydrogens is 252 g/mol. The topological polar surface area (TPSA) is 110 Å². The van der Waals surface area contributed by atoms with E-state index in [9.17, 15) is 19.7 Å². The monoisotopic (exact) mass is 266 g/mol. The lowest BCUT2D eigenvalue weighted by molar-refractivity contribution is -0.385. The molecule has 1 aromatic rings. The lowest BCUT2D eigenvalue weighted by atomic mass is 10.1. The van der Waals surface area contributed by atoms with Crippen molar-refractivity contribution in [2.24, 2.45) is 0 Å². The van der Waals surface area contributed by atoms with E-state index < -0.39 is 22.8 Å². The molecule has 1 atom stereocenters. The molecule has 7 heteroatoms. The summed E-state index contributed by atoms with van der Waals surface area (Å²) in [6.45, 7) is 3.04. The minimum absolute atomic E-state index is 0.140. The van der Waals surface area contributed by atoms with Gasteiger partial charge in [0.05, 0.1) is 11.3 Å². The number of carboxylic acid groups (broad SMARTS) is 1. The maximum absolute atomic E-state index is 11.9. The molecule has 0 radical (unpaired) electrons. The van der Waals surface area contributed by atoms with Crippen LogP contribution in [0.2, 0.25) is 0 Å². The second-order valence-electron chi connectivity index (χ2n) is 4.18. The number of nitro groups is 1. The number of hydrogen-bond donors (Lipinski definition) is 2. The Morgan fingerprint density at radius 1 is 1.47 bits per heavy atom. The molecule has 0 heterocycles. The number of amides is 1. The van der Waals surface area contributed by atoms with Gasteiger partial charge in [-0.25, -0.2) is 0 Å². The molecule has 0 fully saturated rings. The van der Waals surface area contributed by atoms with Crippen molar-refractivity contribution in [2.75, 3.05) is 0 Å². The molecule has 0 aliphatic rings. The highest BCUT2D eigenvalue weighted by atomic mass is 16.6. The third-order valence-electron chi connectivity index (χ3n) is 2.60. The van der Waals surface area contributed by atoms with Crippen LogP contribution in [-0.2, 0) is 4.79 Å². The van der Waals surface area contributed by atoms with Gasteiger partial charge in [0, 0.05) is 23.2 Å². The summed E-state index contributed by atoms with van der Waals surface area (Å²) in [5.74, 6) is -1.54. The lowest BCUT2D eigenvalue weighted by Crippen LogP contribution is -2.34. The fraction of sp³-hybridized carbons (Fsp3) is 0.333. The van der Waals surface area contributed by atoms with Crippen LogP contribution in [0.3, 0.4) is 0 Å². The molecule has 0 aliphatic heterocycles. The normalized spacial score (nSPS) is 11.7. The first kappa shape index (κ1) is 14.6. The van der Waals surface area contributed by atoms with Crippen LogP contribution >= 0.6 is 0 Å². The van der Waals surface area contributed by atoms with Gasteiger partial charge in [-0.3, -0.25) is 19.7 Å². The van der Waals surface area contributed by atoms with Gasteiger partial charge in [0.2, 0.25) is 0 Å². The Kier molecular flexibility index (Phi) is 4.57. The second kappa shape index (κ2) is 5.94. The molecule has 1 unspecified atom stereocenters. The number of carbonyl (C=O) groups is 2. The zero-order valence-electron chi connectivity index (χ0n) is 10.5. The number of benzene rings is 1. The molecule has 1 aromatic carbocycles. The van der Waals surface area contributed by atoms with Crippen LogP contribution in [0.4, 0.5) is 5.69 Å². The molecule has 19 heavy (non-hydrogen) atoms. The molecule has 0 spiro atoms. The highest BCUT2D eigenvalue weighted by molar-refractivity contribution is 5.96. The molecule has 2 N–H and O–H groups in total. The van der Waals surface area contributed by atoms with E-state index in [0.717, 1.165) is 0 Å². The molecule has 7 nitrogen and oxygen atoms in total. The van der Waals surface area contributed by atoms with E-state index in [1.54, 1.807) is 6.92 Å². The highest BCUT2D eigenvalue weighted by Crippen LogP contribution is 2.21. The van der Waals surface area contributed by atoms with Gasteiger partial charge < -0.3 is 10.4 Å². The lowest BCUT2D eigenvalue weighted by Gasteiger charge is -2.12. The summed E-state index contributed by atoms with van der Waals surface area (Å²) < 4.78 is 0. The van der Waals surface area contributed by atoms with Gasteiger partial charge in [-0.2, -0.15) is 0 Å². The zero-order valence-corrected chi connectivity index (χ0v) is 10.5. The van der Waals surface area contributed by atoms with Gasteiger partial charge >= 0.3 is 5.97 Å². The maximum atomic E-state index is 11.9. The van der Waals surface area contributed by atoms with Crippen LogP contribution in [-0.4, -0.2) is 27.9 Å². The Morgan fingerprint density at radius 3 is 2.63 bits per heavy atom. The van der Waals surface area contributed by atoms with Gasteiger partial charge in [-0.1, -0.05) is 6.07 Å². The summed E-state index contributed by atoms with van der Waals surface area (Å²) in [5, 5.41) is 21.9. The van der Waals surface area contributed by atoms with Crippen molar-refractivity contribution in [1.29, 1.82) is 0 Å². The van der Waals surface area contributed by atoms with Crippen LogP contribution in [0.1, 0.15) is 29.3 Å². The molecular formula is C12H14N2O5. The molecule has 0 bridgehead atoms.